The maximum atomic E-state index is 14.6. The number of hydrogen-bond donors (Lipinski definition) is 1. The number of imidazole rings is 2. The molecule has 0 unspecified atom stereocenters. The normalized spacial score (nSPS) is 11.3. The van der Waals surface area contributed by atoms with Crippen LogP contribution in [0.2, 0.25) is 0 Å². The Morgan fingerprint density at radius 1 is 1.18 bits per heavy atom. The molecule has 2 aromatic heterocycles. The van der Waals surface area contributed by atoms with Crippen LogP contribution in [0.25, 0.3) is 22.4 Å². The summed E-state index contributed by atoms with van der Waals surface area (Å²) in [7, 11) is 1.35. The predicted octanol–water partition coefficient (Wildman–Crippen LogP) is 4.65. The van der Waals surface area contributed by atoms with E-state index < -0.39 is 11.6 Å². The van der Waals surface area contributed by atoms with Crippen molar-refractivity contribution in [3.63, 3.8) is 0 Å². The molecule has 0 aliphatic carbocycles. The molecule has 0 fully saturated rings. The molecule has 0 radical (unpaired) electrons. The van der Waals surface area contributed by atoms with Crippen molar-refractivity contribution < 1.29 is 13.5 Å². The van der Waals surface area contributed by atoms with Gasteiger partial charge in [0.25, 0.3) is 0 Å². The number of aromatic nitrogens is 4. The van der Waals surface area contributed by atoms with Crippen LogP contribution in [0.4, 0.5) is 8.78 Å². The monoisotopic (exact) mass is 382 g/mol. The van der Waals surface area contributed by atoms with Crippen molar-refractivity contribution in [2.24, 2.45) is 0 Å². The van der Waals surface area contributed by atoms with E-state index in [0.29, 0.717) is 13.0 Å². The van der Waals surface area contributed by atoms with Crippen LogP contribution in [0.1, 0.15) is 17.8 Å². The maximum Gasteiger partial charge on any atom is 0.178 e. The number of nitrogens with zero attached hydrogens (tertiary/aromatic N) is 3. The zero-order valence-corrected chi connectivity index (χ0v) is 15.7. The van der Waals surface area contributed by atoms with Gasteiger partial charge < -0.3 is 14.3 Å². The molecular formula is C21H20F2N4O. The van der Waals surface area contributed by atoms with E-state index in [1.807, 2.05) is 19.1 Å². The molecule has 4 aromatic rings. The molecular weight excluding hydrogens is 362 g/mol. The second-order valence-electron chi connectivity index (χ2n) is 6.69. The predicted molar refractivity (Wildman–Crippen MR) is 103 cm³/mol. The van der Waals surface area contributed by atoms with Crippen molar-refractivity contribution in [2.45, 2.75) is 26.3 Å². The van der Waals surface area contributed by atoms with Crippen LogP contribution < -0.4 is 4.74 Å². The molecule has 1 N–H and O–H groups in total. The van der Waals surface area contributed by atoms with Crippen LogP contribution in [0.15, 0.2) is 42.7 Å². The lowest BCUT2D eigenvalue weighted by Crippen LogP contribution is -2.05. The number of rotatable bonds is 6. The van der Waals surface area contributed by atoms with Crippen molar-refractivity contribution >= 4 is 11.0 Å². The first-order valence-corrected chi connectivity index (χ1v) is 9.05. The minimum Gasteiger partial charge on any atom is -0.494 e. The van der Waals surface area contributed by atoms with E-state index in [1.165, 1.54) is 31.0 Å². The van der Waals surface area contributed by atoms with Gasteiger partial charge in [-0.05, 0) is 43.2 Å². The summed E-state index contributed by atoms with van der Waals surface area (Å²) in [5.74, 6) is -0.292. The number of aromatic amines is 1. The minimum atomic E-state index is -0.748. The van der Waals surface area contributed by atoms with E-state index in [1.54, 1.807) is 10.8 Å². The largest absolute Gasteiger partial charge is 0.494 e. The molecule has 4 rings (SSSR count). The molecule has 0 aliphatic heterocycles. The summed E-state index contributed by atoms with van der Waals surface area (Å²) < 4.78 is 35.6. The van der Waals surface area contributed by atoms with Gasteiger partial charge >= 0.3 is 0 Å². The molecule has 0 saturated carbocycles. The zero-order valence-electron chi connectivity index (χ0n) is 15.7. The smallest absolute Gasteiger partial charge is 0.178 e. The lowest BCUT2D eigenvalue weighted by Gasteiger charge is -2.11. The molecule has 0 amide bonds. The summed E-state index contributed by atoms with van der Waals surface area (Å²) in [6.45, 7) is 2.60. The molecule has 0 bridgehead atoms. The quantitative estimate of drug-likeness (QED) is 0.528. The molecule has 0 aliphatic rings. The van der Waals surface area contributed by atoms with E-state index in [-0.39, 0.29) is 17.1 Å². The fourth-order valence-electron chi connectivity index (χ4n) is 3.33. The Hall–Kier alpha value is -3.22. The van der Waals surface area contributed by atoms with Crippen molar-refractivity contribution in [1.29, 1.82) is 0 Å². The highest BCUT2D eigenvalue weighted by Crippen LogP contribution is 2.31. The van der Waals surface area contributed by atoms with Gasteiger partial charge in [0.2, 0.25) is 0 Å². The molecule has 7 heteroatoms. The molecule has 0 saturated heterocycles. The average molecular weight is 382 g/mol. The Balaban J connectivity index is 1.52. The molecule has 2 aromatic carbocycles. The summed E-state index contributed by atoms with van der Waals surface area (Å²) in [6.07, 6.45) is 4.72. The number of hydrogen-bond acceptors (Lipinski definition) is 3. The Morgan fingerprint density at radius 2 is 2.04 bits per heavy atom. The highest BCUT2D eigenvalue weighted by Gasteiger charge is 2.20. The van der Waals surface area contributed by atoms with Gasteiger partial charge in [-0.3, -0.25) is 0 Å². The van der Waals surface area contributed by atoms with Gasteiger partial charge in [-0.15, -0.1) is 0 Å². The number of nitrogens with one attached hydrogen (secondary N) is 1. The van der Waals surface area contributed by atoms with E-state index in [9.17, 15) is 8.78 Å². The second-order valence-corrected chi connectivity index (χ2v) is 6.69. The lowest BCUT2D eigenvalue weighted by molar-refractivity contribution is 0.385. The molecule has 0 spiro atoms. The zero-order chi connectivity index (χ0) is 19.7. The first-order valence-electron chi connectivity index (χ1n) is 9.05. The highest BCUT2D eigenvalue weighted by atomic mass is 19.1. The van der Waals surface area contributed by atoms with Crippen LogP contribution in [0.5, 0.6) is 5.75 Å². The maximum absolute atomic E-state index is 14.6. The number of fused-ring (bicyclic) bond motifs is 1. The summed E-state index contributed by atoms with van der Waals surface area (Å²) >= 11 is 0. The first kappa shape index (κ1) is 18.2. The third-order valence-electron chi connectivity index (χ3n) is 4.71. The van der Waals surface area contributed by atoms with Gasteiger partial charge in [-0.1, -0.05) is 6.07 Å². The standard InChI is InChI=1S/C21H20F2N4O/c1-13-5-7-15-16(12-13)26-18(25-15)4-3-10-27-11-9-24-21(27)19-14(22)6-8-17(28-2)20(19)23/h5-9,11-12H,3-4,10H2,1-2H3,(H,25,26). The minimum absolute atomic E-state index is 0.0106. The van der Waals surface area contributed by atoms with Crippen LogP contribution in [0, 0.1) is 18.6 Å². The molecule has 2 heterocycles. The number of benzene rings is 2. The number of H-pyrrole nitrogens is 1. The van der Waals surface area contributed by atoms with Crippen molar-refractivity contribution in [2.75, 3.05) is 7.11 Å². The van der Waals surface area contributed by atoms with Gasteiger partial charge in [0.15, 0.2) is 11.6 Å². The van der Waals surface area contributed by atoms with E-state index in [2.05, 4.69) is 21.0 Å². The van der Waals surface area contributed by atoms with Gasteiger partial charge in [0, 0.05) is 25.4 Å². The van der Waals surface area contributed by atoms with Crippen molar-refractivity contribution in [3.05, 3.63) is 65.7 Å². The summed E-state index contributed by atoms with van der Waals surface area (Å²) in [5.41, 5.74) is 2.94. The van der Waals surface area contributed by atoms with Crippen molar-refractivity contribution in [3.8, 4) is 17.1 Å². The van der Waals surface area contributed by atoms with Crippen LogP contribution in [0.3, 0.4) is 0 Å². The SMILES string of the molecule is COc1ccc(F)c(-c2nccn2CCCc2nc3ccc(C)cc3[nH]2)c1F. The highest BCUT2D eigenvalue weighted by molar-refractivity contribution is 5.75. The fourth-order valence-corrected chi connectivity index (χ4v) is 3.33. The summed E-state index contributed by atoms with van der Waals surface area (Å²) in [6, 6.07) is 8.54. The van der Waals surface area contributed by atoms with Crippen molar-refractivity contribution in [1.82, 2.24) is 19.5 Å². The van der Waals surface area contributed by atoms with E-state index in [4.69, 9.17) is 4.74 Å². The molecule has 5 nitrogen and oxygen atoms in total. The summed E-state index contributed by atoms with van der Waals surface area (Å²) in [4.78, 5) is 12.1. The van der Waals surface area contributed by atoms with Crippen LogP contribution >= 0.6 is 0 Å². The number of methoxy groups -OCH3 is 1. The molecule has 28 heavy (non-hydrogen) atoms. The van der Waals surface area contributed by atoms with Crippen LogP contribution in [-0.4, -0.2) is 26.6 Å². The number of ether oxygens (including phenoxy) is 1. The second kappa shape index (κ2) is 7.42. The average Bonchev–Trinajstić information content (AvgIpc) is 3.28. The number of aryl methyl sites for hydroxylation is 3. The number of halogens is 2. The van der Waals surface area contributed by atoms with Gasteiger partial charge in [-0.25, -0.2) is 18.7 Å². The van der Waals surface area contributed by atoms with Gasteiger partial charge in [-0.2, -0.15) is 0 Å². The molecule has 0 atom stereocenters. The third-order valence-corrected chi connectivity index (χ3v) is 4.71. The summed E-state index contributed by atoms with van der Waals surface area (Å²) in [5, 5.41) is 0. The Kier molecular flexibility index (Phi) is 4.81. The van der Waals surface area contributed by atoms with Crippen LogP contribution in [-0.2, 0) is 13.0 Å². The molecule has 144 valence electrons. The van der Waals surface area contributed by atoms with E-state index >= 15 is 0 Å². The lowest BCUT2D eigenvalue weighted by atomic mass is 10.1. The first-order chi connectivity index (χ1) is 13.6. The topological polar surface area (TPSA) is 55.7 Å². The van der Waals surface area contributed by atoms with E-state index in [0.717, 1.165) is 23.3 Å². The van der Waals surface area contributed by atoms with Gasteiger partial charge in [0.1, 0.15) is 17.5 Å². The third kappa shape index (κ3) is 3.35. The Labute approximate surface area is 161 Å². The Bertz CT molecular complexity index is 1130. The van der Waals surface area contributed by atoms with Gasteiger partial charge in [0.05, 0.1) is 23.7 Å². The fraction of sp³-hybridized carbons (Fsp3) is 0.238. The Morgan fingerprint density at radius 3 is 2.86 bits per heavy atom.